The van der Waals surface area contributed by atoms with Crippen LogP contribution in [0.5, 0.6) is 0 Å². The average Bonchev–Trinajstić information content (AvgIpc) is 2.72. The Bertz CT molecular complexity index is 589. The molecular formula is C12H10ClNO3. The van der Waals surface area contributed by atoms with Crippen LogP contribution < -0.4 is 0 Å². The number of benzene rings is 1. The van der Waals surface area contributed by atoms with Crippen LogP contribution in [0.15, 0.2) is 22.7 Å². The van der Waals surface area contributed by atoms with E-state index in [0.717, 1.165) is 16.7 Å². The fourth-order valence-electron chi connectivity index (χ4n) is 1.58. The average molecular weight is 252 g/mol. The lowest BCUT2D eigenvalue weighted by Crippen LogP contribution is -1.91. The van der Waals surface area contributed by atoms with Crippen LogP contribution >= 0.6 is 11.6 Å². The highest BCUT2D eigenvalue weighted by Gasteiger charge is 2.15. The van der Waals surface area contributed by atoms with Crippen molar-refractivity contribution in [2.24, 2.45) is 0 Å². The van der Waals surface area contributed by atoms with Crippen LogP contribution in [0.1, 0.15) is 21.7 Å². The zero-order chi connectivity index (χ0) is 12.6. The Kier molecular flexibility index (Phi) is 2.90. The molecule has 2 rings (SSSR count). The molecule has 5 heteroatoms. The second-order valence-electron chi connectivity index (χ2n) is 3.80. The molecule has 0 saturated carbocycles. The summed E-state index contributed by atoms with van der Waals surface area (Å²) in [5.74, 6) is -1.32. The Morgan fingerprint density at radius 1 is 1.35 bits per heavy atom. The minimum Gasteiger partial charge on any atom is -0.475 e. The van der Waals surface area contributed by atoms with E-state index in [1.54, 1.807) is 0 Å². The molecule has 1 heterocycles. The van der Waals surface area contributed by atoms with Crippen LogP contribution in [0.3, 0.4) is 0 Å². The molecule has 4 nitrogen and oxygen atoms in total. The van der Waals surface area contributed by atoms with Gasteiger partial charge < -0.3 is 9.63 Å². The number of nitrogens with zero attached hydrogens (tertiary/aromatic N) is 1. The van der Waals surface area contributed by atoms with Gasteiger partial charge in [-0.3, -0.25) is 0 Å². The lowest BCUT2D eigenvalue weighted by Gasteiger charge is -2.05. The molecule has 1 aromatic carbocycles. The highest BCUT2D eigenvalue weighted by molar-refractivity contribution is 6.31. The van der Waals surface area contributed by atoms with Gasteiger partial charge in [0, 0.05) is 16.7 Å². The molecule has 0 unspecified atom stereocenters. The molecule has 0 aliphatic rings. The molecule has 2 aromatic rings. The van der Waals surface area contributed by atoms with E-state index in [2.05, 4.69) is 5.16 Å². The number of carboxylic acid groups (broad SMARTS) is 1. The molecular weight excluding hydrogens is 242 g/mol. The fourth-order valence-corrected chi connectivity index (χ4v) is 1.86. The van der Waals surface area contributed by atoms with E-state index in [9.17, 15) is 4.79 Å². The van der Waals surface area contributed by atoms with Gasteiger partial charge >= 0.3 is 5.97 Å². The number of hydrogen-bond donors (Lipinski definition) is 1. The summed E-state index contributed by atoms with van der Waals surface area (Å²) in [7, 11) is 0. The molecule has 0 fully saturated rings. The standard InChI is InChI=1S/C12H10ClNO3/c1-6-3-8(7(2)9(13)4-6)10-5-11(12(15)16)17-14-10/h3-5H,1-2H3,(H,15,16). The van der Waals surface area contributed by atoms with E-state index < -0.39 is 5.97 Å². The van der Waals surface area contributed by atoms with Gasteiger partial charge in [-0.25, -0.2) is 4.79 Å². The van der Waals surface area contributed by atoms with Gasteiger partial charge in [0.15, 0.2) is 0 Å². The van der Waals surface area contributed by atoms with Crippen molar-refractivity contribution >= 4 is 17.6 Å². The van der Waals surface area contributed by atoms with Crippen molar-refractivity contribution in [3.8, 4) is 11.3 Å². The highest BCUT2D eigenvalue weighted by Crippen LogP contribution is 2.29. The van der Waals surface area contributed by atoms with Crippen LogP contribution in [0.2, 0.25) is 5.02 Å². The van der Waals surface area contributed by atoms with Crippen molar-refractivity contribution in [2.75, 3.05) is 0 Å². The first kappa shape index (κ1) is 11.7. The summed E-state index contributed by atoms with van der Waals surface area (Å²) in [5.41, 5.74) is 3.09. The minimum absolute atomic E-state index is 0.183. The normalized spacial score (nSPS) is 10.5. The number of carboxylic acids is 1. The zero-order valence-corrected chi connectivity index (χ0v) is 10.1. The zero-order valence-electron chi connectivity index (χ0n) is 9.32. The number of rotatable bonds is 2. The van der Waals surface area contributed by atoms with Crippen molar-refractivity contribution in [1.29, 1.82) is 0 Å². The van der Waals surface area contributed by atoms with Crippen LogP contribution in [0, 0.1) is 13.8 Å². The molecule has 0 amide bonds. The summed E-state index contributed by atoms with van der Waals surface area (Å²) in [5, 5.41) is 13.1. The first-order chi connectivity index (χ1) is 7.99. The first-order valence-electron chi connectivity index (χ1n) is 4.96. The maximum atomic E-state index is 10.7. The maximum absolute atomic E-state index is 10.7. The van der Waals surface area contributed by atoms with Crippen LogP contribution in [-0.2, 0) is 0 Å². The highest BCUT2D eigenvalue weighted by atomic mass is 35.5. The van der Waals surface area contributed by atoms with Crippen molar-refractivity contribution in [2.45, 2.75) is 13.8 Å². The Morgan fingerprint density at radius 3 is 2.65 bits per heavy atom. The summed E-state index contributed by atoms with van der Waals surface area (Å²) in [6.45, 7) is 3.76. The third kappa shape index (κ3) is 2.17. The van der Waals surface area contributed by atoms with Gasteiger partial charge in [-0.1, -0.05) is 16.8 Å². The number of carbonyl (C=O) groups is 1. The monoisotopic (exact) mass is 251 g/mol. The van der Waals surface area contributed by atoms with Crippen LogP contribution in [0.25, 0.3) is 11.3 Å². The molecule has 0 aliphatic carbocycles. The summed E-state index contributed by atoms with van der Waals surface area (Å²) < 4.78 is 4.72. The third-order valence-electron chi connectivity index (χ3n) is 2.49. The van der Waals surface area contributed by atoms with E-state index in [0.29, 0.717) is 10.7 Å². The van der Waals surface area contributed by atoms with E-state index in [-0.39, 0.29) is 5.76 Å². The summed E-state index contributed by atoms with van der Waals surface area (Å²) in [6, 6.07) is 5.13. The second-order valence-corrected chi connectivity index (χ2v) is 4.21. The van der Waals surface area contributed by atoms with Crippen molar-refractivity contribution in [3.63, 3.8) is 0 Å². The van der Waals surface area contributed by atoms with E-state index in [1.807, 2.05) is 26.0 Å². The molecule has 88 valence electrons. The molecule has 0 bridgehead atoms. The van der Waals surface area contributed by atoms with Gasteiger partial charge in [0.25, 0.3) is 0 Å². The van der Waals surface area contributed by atoms with E-state index in [4.69, 9.17) is 21.2 Å². The maximum Gasteiger partial charge on any atom is 0.374 e. The van der Waals surface area contributed by atoms with Gasteiger partial charge in [-0.2, -0.15) is 0 Å². The fraction of sp³-hybridized carbons (Fsp3) is 0.167. The SMILES string of the molecule is Cc1cc(Cl)c(C)c(-c2cc(C(=O)O)on2)c1. The Balaban J connectivity index is 2.56. The Hall–Kier alpha value is -1.81. The Morgan fingerprint density at radius 2 is 2.06 bits per heavy atom. The number of aromatic nitrogens is 1. The number of hydrogen-bond acceptors (Lipinski definition) is 3. The molecule has 1 aromatic heterocycles. The quantitative estimate of drug-likeness (QED) is 0.889. The van der Waals surface area contributed by atoms with Gasteiger partial charge in [0.1, 0.15) is 5.69 Å². The molecule has 0 spiro atoms. The predicted molar refractivity (Wildman–Crippen MR) is 63.4 cm³/mol. The Labute approximate surface area is 103 Å². The summed E-state index contributed by atoms with van der Waals surface area (Å²) in [6.07, 6.45) is 0. The molecule has 0 aliphatic heterocycles. The topological polar surface area (TPSA) is 63.3 Å². The van der Waals surface area contributed by atoms with Crippen molar-refractivity contribution in [3.05, 3.63) is 40.1 Å². The molecule has 0 saturated heterocycles. The lowest BCUT2D eigenvalue weighted by molar-refractivity contribution is 0.0652. The van der Waals surface area contributed by atoms with Gasteiger partial charge in [0.2, 0.25) is 5.76 Å². The van der Waals surface area contributed by atoms with Crippen LogP contribution in [0.4, 0.5) is 0 Å². The molecule has 0 atom stereocenters. The van der Waals surface area contributed by atoms with E-state index in [1.165, 1.54) is 6.07 Å². The number of aryl methyl sites for hydroxylation is 1. The van der Waals surface area contributed by atoms with Gasteiger partial charge in [-0.15, -0.1) is 0 Å². The van der Waals surface area contributed by atoms with Crippen molar-refractivity contribution in [1.82, 2.24) is 5.16 Å². The second kappa shape index (κ2) is 4.22. The third-order valence-corrected chi connectivity index (χ3v) is 2.88. The number of halogens is 1. The first-order valence-corrected chi connectivity index (χ1v) is 5.34. The van der Waals surface area contributed by atoms with Crippen LogP contribution in [-0.4, -0.2) is 16.2 Å². The predicted octanol–water partition coefficient (Wildman–Crippen LogP) is 3.31. The molecule has 0 radical (unpaired) electrons. The summed E-state index contributed by atoms with van der Waals surface area (Å²) >= 11 is 6.06. The number of aromatic carboxylic acids is 1. The van der Waals surface area contributed by atoms with Gasteiger partial charge in [0.05, 0.1) is 0 Å². The molecule has 17 heavy (non-hydrogen) atoms. The summed E-state index contributed by atoms with van der Waals surface area (Å²) in [4.78, 5) is 10.7. The van der Waals surface area contributed by atoms with E-state index >= 15 is 0 Å². The molecule has 1 N–H and O–H groups in total. The lowest BCUT2D eigenvalue weighted by atomic mass is 10.0. The van der Waals surface area contributed by atoms with Crippen molar-refractivity contribution < 1.29 is 14.4 Å². The largest absolute Gasteiger partial charge is 0.475 e. The smallest absolute Gasteiger partial charge is 0.374 e. The minimum atomic E-state index is -1.14. The van der Waals surface area contributed by atoms with Gasteiger partial charge in [-0.05, 0) is 37.1 Å².